The van der Waals surface area contributed by atoms with Crippen molar-refractivity contribution < 1.29 is 0 Å². The van der Waals surface area contributed by atoms with E-state index in [1.165, 1.54) is 0 Å². The molecule has 0 aliphatic rings. The predicted molar refractivity (Wildman–Crippen MR) is 86.6 cm³/mol. The van der Waals surface area contributed by atoms with Crippen LogP contribution in [0, 0.1) is 0 Å². The van der Waals surface area contributed by atoms with Gasteiger partial charge in [0.1, 0.15) is 0 Å². The molecule has 0 atom stereocenters. The van der Waals surface area contributed by atoms with E-state index in [0.717, 1.165) is 0 Å². The van der Waals surface area contributed by atoms with Crippen LogP contribution in [-0.4, -0.2) is 118 Å². The molecule has 0 radical (unpaired) electrons. The van der Waals surface area contributed by atoms with Crippen molar-refractivity contribution >= 4 is 217 Å². The molecule has 72 valence electrons. The van der Waals surface area contributed by atoms with Crippen molar-refractivity contribution in [2.24, 2.45) is 0 Å². The zero-order chi connectivity index (χ0) is 0. The predicted octanol–water partition coefficient (Wildman–Crippen LogP) is 0.780. The van der Waals surface area contributed by atoms with Crippen molar-refractivity contribution in [1.29, 1.82) is 0 Å². The van der Waals surface area contributed by atoms with Gasteiger partial charge in [-0.25, -0.2) is 0 Å². The van der Waals surface area contributed by atoms with Gasteiger partial charge in [0, 0.05) is 0 Å². The second-order valence-electron chi connectivity index (χ2n) is 0. The van der Waals surface area contributed by atoms with Gasteiger partial charge in [0.15, 0.2) is 0 Å². The number of halogens is 8. The van der Waals surface area contributed by atoms with Crippen LogP contribution < -0.4 is 0 Å². The molecule has 0 fully saturated rings. The van der Waals surface area contributed by atoms with Gasteiger partial charge < -0.3 is 0 Å². The summed E-state index contributed by atoms with van der Waals surface area (Å²) < 4.78 is 0. The van der Waals surface area contributed by atoms with E-state index in [0.29, 0.717) is 0 Å². The first-order valence-corrected chi connectivity index (χ1v) is 0. The Bertz CT molecular complexity index is 11.0. The Labute approximate surface area is 212 Å². The molecule has 0 aromatic carbocycles. The quantitative estimate of drug-likeness (QED) is 0.539. The standard InChI is InChI=1S/8ClH.4Na.4H/h8*1H;;;;;;;;. The molecule has 0 heterocycles. The zero-order valence-electron chi connectivity index (χ0n) is 3.27. The molecule has 12 heavy (non-hydrogen) atoms. The monoisotopic (exact) mass is 384 g/mol. The molecule has 0 amide bonds. The second kappa shape index (κ2) is 115. The van der Waals surface area contributed by atoms with E-state index in [1.807, 2.05) is 0 Å². The SMILES string of the molecule is Cl.Cl.Cl.Cl.Cl.Cl.Cl.Cl.[NaH].[NaH].[NaH].[NaH]. The third kappa shape index (κ3) is 95.9. The molecule has 0 aromatic heterocycles. The van der Waals surface area contributed by atoms with Gasteiger partial charge >= 0.3 is 118 Å². The van der Waals surface area contributed by atoms with Gasteiger partial charge in [-0.3, -0.25) is 0 Å². The van der Waals surface area contributed by atoms with E-state index < -0.39 is 0 Å². The maximum absolute atomic E-state index is 0. The summed E-state index contributed by atoms with van der Waals surface area (Å²) in [6.07, 6.45) is 0. The fourth-order valence-corrected chi connectivity index (χ4v) is 0. The third-order valence-corrected chi connectivity index (χ3v) is 0. The topological polar surface area (TPSA) is 0 Å². The van der Waals surface area contributed by atoms with Crippen molar-refractivity contribution in [3.8, 4) is 0 Å². The van der Waals surface area contributed by atoms with Gasteiger partial charge in [0.2, 0.25) is 0 Å². The summed E-state index contributed by atoms with van der Waals surface area (Å²) in [5.41, 5.74) is 0. The molecule has 0 unspecified atom stereocenters. The van der Waals surface area contributed by atoms with Gasteiger partial charge in [-0.1, -0.05) is 0 Å². The Morgan fingerprint density at radius 1 is 0.167 bits per heavy atom. The molecule has 0 aromatic rings. The minimum absolute atomic E-state index is 0. The van der Waals surface area contributed by atoms with Gasteiger partial charge in [-0.05, 0) is 0 Å². The van der Waals surface area contributed by atoms with E-state index in [1.54, 1.807) is 0 Å². The van der Waals surface area contributed by atoms with Gasteiger partial charge in [0.25, 0.3) is 0 Å². The molecule has 0 nitrogen and oxygen atoms in total. The van der Waals surface area contributed by atoms with Crippen LogP contribution in [0.25, 0.3) is 0 Å². The Hall–Kier alpha value is 6.32. The van der Waals surface area contributed by atoms with Crippen LogP contribution in [0.3, 0.4) is 0 Å². The molecule has 0 aliphatic carbocycles. The van der Waals surface area contributed by atoms with Crippen molar-refractivity contribution in [2.75, 3.05) is 0 Å². The molecule has 0 bridgehead atoms. The van der Waals surface area contributed by atoms with Crippen LogP contribution in [-0.2, 0) is 0 Å². The summed E-state index contributed by atoms with van der Waals surface area (Å²) >= 11 is 0. The van der Waals surface area contributed by atoms with E-state index in [2.05, 4.69) is 0 Å². The van der Waals surface area contributed by atoms with Crippen LogP contribution in [0.5, 0.6) is 0 Å². The summed E-state index contributed by atoms with van der Waals surface area (Å²) in [6, 6.07) is 0. The van der Waals surface area contributed by atoms with Gasteiger partial charge in [-0.2, -0.15) is 0 Å². The Morgan fingerprint density at radius 3 is 0.167 bits per heavy atom. The van der Waals surface area contributed by atoms with Crippen molar-refractivity contribution in [1.82, 2.24) is 0 Å². The summed E-state index contributed by atoms with van der Waals surface area (Å²) in [5, 5.41) is 0. The molecule has 12 heteroatoms. The van der Waals surface area contributed by atoms with Gasteiger partial charge in [0.05, 0.1) is 0 Å². The van der Waals surface area contributed by atoms with E-state index in [4.69, 9.17) is 0 Å². The van der Waals surface area contributed by atoms with Crippen LogP contribution in [0.1, 0.15) is 0 Å². The number of rotatable bonds is 0. The minimum atomic E-state index is 0. The summed E-state index contributed by atoms with van der Waals surface area (Å²) in [4.78, 5) is 0. The Balaban J connectivity index is 0. The first kappa shape index (κ1) is 138. The average molecular weight is 388 g/mol. The molecule has 0 spiro atoms. The maximum atomic E-state index is 0. The first-order chi connectivity index (χ1) is 0. The fourth-order valence-electron chi connectivity index (χ4n) is 0. The molecule has 0 rings (SSSR count). The molecule has 0 saturated carbocycles. The fraction of sp³-hybridized carbons (Fsp3) is 0. The summed E-state index contributed by atoms with van der Waals surface area (Å²) in [7, 11) is 0. The molecular formula is H12Cl8Na4. The van der Waals surface area contributed by atoms with Crippen LogP contribution in [0.15, 0.2) is 0 Å². The van der Waals surface area contributed by atoms with Crippen LogP contribution in [0.4, 0.5) is 0 Å². The molecule has 0 N–H and O–H groups in total. The molecule has 0 aliphatic heterocycles. The zero-order valence-corrected chi connectivity index (χ0v) is 9.80. The molecule has 0 saturated heterocycles. The Kier molecular flexibility index (Phi) is 1320. The van der Waals surface area contributed by atoms with Crippen LogP contribution in [0.2, 0.25) is 0 Å². The first-order valence-electron chi connectivity index (χ1n) is 0. The normalized spacial score (nSPS) is 0. The summed E-state index contributed by atoms with van der Waals surface area (Å²) in [5.74, 6) is 0. The van der Waals surface area contributed by atoms with Crippen molar-refractivity contribution in [2.45, 2.75) is 0 Å². The van der Waals surface area contributed by atoms with E-state index in [9.17, 15) is 0 Å². The van der Waals surface area contributed by atoms with Crippen molar-refractivity contribution in [3.05, 3.63) is 0 Å². The average Bonchev–Trinajstić information content (AvgIpc) is 0. The van der Waals surface area contributed by atoms with E-state index in [-0.39, 0.29) is 217 Å². The summed E-state index contributed by atoms with van der Waals surface area (Å²) in [6.45, 7) is 0. The Morgan fingerprint density at radius 2 is 0.167 bits per heavy atom. The van der Waals surface area contributed by atoms with Gasteiger partial charge in [-0.15, -0.1) is 99.3 Å². The number of hydrogen-bond acceptors (Lipinski definition) is 0. The van der Waals surface area contributed by atoms with Crippen LogP contribution >= 0.6 is 99.3 Å². The van der Waals surface area contributed by atoms with E-state index >= 15 is 0 Å². The van der Waals surface area contributed by atoms with Crippen molar-refractivity contribution in [3.63, 3.8) is 0 Å². The second-order valence-corrected chi connectivity index (χ2v) is 0. The third-order valence-electron chi connectivity index (χ3n) is 0. The number of hydrogen-bond donors (Lipinski definition) is 0. The molecular weight excluding hydrogens is 376 g/mol.